The highest BCUT2D eigenvalue weighted by atomic mass is 32.1. The number of esters is 1. The van der Waals surface area contributed by atoms with Crippen molar-refractivity contribution in [3.63, 3.8) is 0 Å². The molecule has 0 atom stereocenters. The van der Waals surface area contributed by atoms with E-state index < -0.39 is 35.6 Å². The molecule has 0 N–H and O–H groups in total. The Balaban J connectivity index is 1.55. The van der Waals surface area contributed by atoms with Crippen LogP contribution in [-0.4, -0.2) is 55.5 Å². The minimum atomic E-state index is -1.25. The maximum atomic E-state index is 13.6. The van der Waals surface area contributed by atoms with Gasteiger partial charge in [-0.05, 0) is 24.3 Å². The number of rotatable bonds is 6. The first kappa shape index (κ1) is 20.1. The van der Waals surface area contributed by atoms with Crippen molar-refractivity contribution in [2.24, 2.45) is 0 Å². The number of ether oxygens (including phenoxy) is 2. The molecule has 0 spiro atoms. The molecule has 2 aromatic rings. The molecule has 1 aliphatic heterocycles. The molecule has 0 unspecified atom stereocenters. The number of carbonyl (C=O) groups excluding carboxylic acids is 3. The van der Waals surface area contributed by atoms with E-state index in [-0.39, 0.29) is 12.3 Å². The summed E-state index contributed by atoms with van der Waals surface area (Å²) in [5.74, 6) is -3.93. The Labute approximate surface area is 163 Å². The van der Waals surface area contributed by atoms with Crippen LogP contribution < -0.4 is 0 Å². The Morgan fingerprint density at radius 3 is 2.43 bits per heavy atom. The predicted molar refractivity (Wildman–Crippen MR) is 96.4 cm³/mol. The van der Waals surface area contributed by atoms with Crippen LogP contribution in [0.1, 0.15) is 24.9 Å². The van der Waals surface area contributed by atoms with E-state index in [9.17, 15) is 23.2 Å². The van der Waals surface area contributed by atoms with Gasteiger partial charge in [0.15, 0.2) is 6.61 Å². The first-order chi connectivity index (χ1) is 13.5. The standard InChI is InChI=1S/C19H17F2NO5S/c20-13-2-1-3-14(21)18(13)19(25)27-11-15(23)16-5-4-12(28-16)10-17(24)22-6-8-26-9-7-22/h1-5H,6-11H2. The molecule has 0 saturated carbocycles. The van der Waals surface area contributed by atoms with Crippen LogP contribution in [0, 0.1) is 11.6 Å². The van der Waals surface area contributed by atoms with Gasteiger partial charge in [0, 0.05) is 18.0 Å². The Bertz CT molecular complexity index is 872. The molecule has 0 radical (unpaired) electrons. The van der Waals surface area contributed by atoms with Crippen molar-refractivity contribution in [3.05, 3.63) is 57.3 Å². The van der Waals surface area contributed by atoms with Gasteiger partial charge in [0.05, 0.1) is 24.5 Å². The normalized spacial score (nSPS) is 14.0. The zero-order valence-corrected chi connectivity index (χ0v) is 15.6. The highest BCUT2D eigenvalue weighted by Crippen LogP contribution is 2.19. The highest BCUT2D eigenvalue weighted by molar-refractivity contribution is 7.14. The van der Waals surface area contributed by atoms with Crippen molar-refractivity contribution in [2.45, 2.75) is 6.42 Å². The molecule has 0 bridgehead atoms. The second kappa shape index (κ2) is 9.03. The van der Waals surface area contributed by atoms with E-state index in [0.717, 1.165) is 29.5 Å². The van der Waals surface area contributed by atoms with Crippen LogP contribution in [0.2, 0.25) is 0 Å². The second-order valence-corrected chi connectivity index (χ2v) is 7.20. The first-order valence-electron chi connectivity index (χ1n) is 8.54. The average molecular weight is 409 g/mol. The summed E-state index contributed by atoms with van der Waals surface area (Å²) in [4.78, 5) is 39.0. The minimum absolute atomic E-state index is 0.0504. The molecule has 1 saturated heterocycles. The first-order valence-corrected chi connectivity index (χ1v) is 9.36. The maximum Gasteiger partial charge on any atom is 0.344 e. The number of morpholine rings is 1. The van der Waals surface area contributed by atoms with Gasteiger partial charge in [-0.1, -0.05) is 6.07 Å². The summed E-state index contributed by atoms with van der Waals surface area (Å²) in [5, 5.41) is 0. The summed E-state index contributed by atoms with van der Waals surface area (Å²) in [6.07, 6.45) is 0.165. The molecule has 6 nitrogen and oxygen atoms in total. The van der Waals surface area contributed by atoms with E-state index in [2.05, 4.69) is 0 Å². The number of carbonyl (C=O) groups is 3. The van der Waals surface area contributed by atoms with Gasteiger partial charge >= 0.3 is 5.97 Å². The fourth-order valence-electron chi connectivity index (χ4n) is 2.66. The number of Topliss-reactive ketones (excluding diaryl/α,β-unsaturated/α-hetero) is 1. The number of nitrogens with zero attached hydrogens (tertiary/aromatic N) is 1. The van der Waals surface area contributed by atoms with Crippen LogP contribution in [0.25, 0.3) is 0 Å². The van der Waals surface area contributed by atoms with E-state index >= 15 is 0 Å². The summed E-state index contributed by atoms with van der Waals surface area (Å²) in [6.45, 7) is 1.45. The monoisotopic (exact) mass is 409 g/mol. The number of hydrogen-bond donors (Lipinski definition) is 0. The van der Waals surface area contributed by atoms with Crippen LogP contribution in [0.4, 0.5) is 8.78 Å². The summed E-state index contributed by atoms with van der Waals surface area (Å²) < 4.78 is 37.1. The minimum Gasteiger partial charge on any atom is -0.454 e. The molecule has 0 aliphatic carbocycles. The lowest BCUT2D eigenvalue weighted by Crippen LogP contribution is -2.41. The number of ketones is 1. The molecule has 1 amide bonds. The van der Waals surface area contributed by atoms with Crippen molar-refractivity contribution in [1.29, 1.82) is 0 Å². The quantitative estimate of drug-likeness (QED) is 0.541. The molecule has 1 fully saturated rings. The lowest BCUT2D eigenvalue weighted by molar-refractivity contribution is -0.134. The summed E-state index contributed by atoms with van der Waals surface area (Å²) >= 11 is 1.12. The molecular weight excluding hydrogens is 392 g/mol. The Morgan fingerprint density at radius 1 is 1.07 bits per heavy atom. The summed E-state index contributed by atoms with van der Waals surface area (Å²) in [5.41, 5.74) is -0.835. The Kier molecular flexibility index (Phi) is 6.48. The lowest BCUT2D eigenvalue weighted by Gasteiger charge is -2.26. The van der Waals surface area contributed by atoms with Crippen LogP contribution in [0.15, 0.2) is 30.3 Å². The number of thiophene rings is 1. The number of amides is 1. The fraction of sp³-hybridized carbons (Fsp3) is 0.316. The van der Waals surface area contributed by atoms with Gasteiger partial charge in [-0.3, -0.25) is 9.59 Å². The lowest BCUT2D eigenvalue weighted by atomic mass is 10.2. The van der Waals surface area contributed by atoms with E-state index in [1.54, 1.807) is 11.0 Å². The number of benzene rings is 1. The van der Waals surface area contributed by atoms with Crippen molar-refractivity contribution >= 4 is 29.0 Å². The maximum absolute atomic E-state index is 13.6. The van der Waals surface area contributed by atoms with Crippen LogP contribution >= 0.6 is 11.3 Å². The molecule has 28 heavy (non-hydrogen) atoms. The second-order valence-electron chi connectivity index (χ2n) is 6.03. The van der Waals surface area contributed by atoms with Crippen molar-refractivity contribution in [3.8, 4) is 0 Å². The van der Waals surface area contributed by atoms with Crippen LogP contribution in [0.5, 0.6) is 0 Å². The molecular formula is C19H17F2NO5S. The predicted octanol–water partition coefficient (Wildman–Crippen LogP) is 2.47. The summed E-state index contributed by atoms with van der Waals surface area (Å²) in [7, 11) is 0. The summed E-state index contributed by atoms with van der Waals surface area (Å²) in [6, 6.07) is 6.18. The molecule has 2 heterocycles. The third kappa shape index (κ3) is 4.79. The van der Waals surface area contributed by atoms with Gasteiger partial charge in [0.1, 0.15) is 17.2 Å². The van der Waals surface area contributed by atoms with E-state index in [1.165, 1.54) is 6.07 Å². The van der Waals surface area contributed by atoms with E-state index in [0.29, 0.717) is 36.1 Å². The SMILES string of the molecule is O=C(COC(=O)c1c(F)cccc1F)c1ccc(CC(=O)N2CCOCC2)s1. The molecule has 1 aliphatic rings. The number of hydrogen-bond acceptors (Lipinski definition) is 6. The zero-order chi connectivity index (χ0) is 20.1. The molecule has 3 rings (SSSR count). The average Bonchev–Trinajstić information content (AvgIpc) is 3.15. The molecule has 1 aromatic heterocycles. The van der Waals surface area contributed by atoms with Crippen LogP contribution in [-0.2, 0) is 20.7 Å². The number of halogens is 2. The molecule has 148 valence electrons. The third-order valence-electron chi connectivity index (χ3n) is 4.13. The fourth-order valence-corrected chi connectivity index (χ4v) is 3.59. The zero-order valence-electron chi connectivity index (χ0n) is 14.8. The third-order valence-corrected chi connectivity index (χ3v) is 5.25. The molecule has 1 aromatic carbocycles. The van der Waals surface area contributed by atoms with Gasteiger partial charge in [0.25, 0.3) is 0 Å². The van der Waals surface area contributed by atoms with E-state index in [4.69, 9.17) is 9.47 Å². The Hall–Kier alpha value is -2.65. The largest absolute Gasteiger partial charge is 0.454 e. The van der Waals surface area contributed by atoms with Gasteiger partial charge in [0.2, 0.25) is 11.7 Å². The van der Waals surface area contributed by atoms with Gasteiger partial charge in [-0.2, -0.15) is 0 Å². The van der Waals surface area contributed by atoms with Crippen molar-refractivity contribution < 1.29 is 32.6 Å². The van der Waals surface area contributed by atoms with E-state index in [1.807, 2.05) is 0 Å². The van der Waals surface area contributed by atoms with Gasteiger partial charge in [-0.25, -0.2) is 13.6 Å². The van der Waals surface area contributed by atoms with Crippen molar-refractivity contribution in [2.75, 3.05) is 32.9 Å². The van der Waals surface area contributed by atoms with Gasteiger partial charge in [-0.15, -0.1) is 11.3 Å². The van der Waals surface area contributed by atoms with Crippen LogP contribution in [0.3, 0.4) is 0 Å². The van der Waals surface area contributed by atoms with Gasteiger partial charge < -0.3 is 14.4 Å². The highest BCUT2D eigenvalue weighted by Gasteiger charge is 2.21. The Morgan fingerprint density at radius 2 is 1.75 bits per heavy atom. The van der Waals surface area contributed by atoms with Crippen molar-refractivity contribution in [1.82, 2.24) is 4.90 Å². The molecule has 9 heteroatoms. The topological polar surface area (TPSA) is 72.9 Å². The smallest absolute Gasteiger partial charge is 0.344 e.